The third kappa shape index (κ3) is 5.85. The average Bonchev–Trinajstić information content (AvgIpc) is 2.82. The molecule has 31 heavy (non-hydrogen) atoms. The molecule has 0 aliphatic carbocycles. The van der Waals surface area contributed by atoms with Gasteiger partial charge in [0, 0.05) is 49.3 Å². The largest absolute Gasteiger partial charge is 0.370 e. The second-order valence-electron chi connectivity index (χ2n) is 7.41. The lowest BCUT2D eigenvalue weighted by atomic mass is 10.1. The Bertz CT molecular complexity index is 1010. The average molecular weight is 417 g/mol. The number of nitrogens with one attached hydrogen (secondary N) is 2. The quantitative estimate of drug-likeness (QED) is 0.591. The number of benzene rings is 3. The van der Waals surface area contributed by atoms with Crippen LogP contribution in [0, 0.1) is 0 Å². The van der Waals surface area contributed by atoms with Gasteiger partial charge in [-0.1, -0.05) is 42.5 Å². The van der Waals surface area contributed by atoms with E-state index in [4.69, 9.17) is 0 Å². The zero-order valence-corrected chi connectivity index (χ0v) is 18.1. The molecular formula is C25H28N4O2. The van der Waals surface area contributed by atoms with E-state index in [1.807, 2.05) is 74.6 Å². The van der Waals surface area contributed by atoms with E-state index < -0.39 is 0 Å². The van der Waals surface area contributed by atoms with Gasteiger partial charge in [0.2, 0.25) is 0 Å². The molecule has 0 saturated heterocycles. The van der Waals surface area contributed by atoms with Gasteiger partial charge < -0.3 is 20.4 Å². The van der Waals surface area contributed by atoms with Crippen molar-refractivity contribution in [1.82, 2.24) is 5.32 Å². The van der Waals surface area contributed by atoms with Crippen LogP contribution in [0.2, 0.25) is 0 Å². The molecule has 6 heteroatoms. The molecule has 3 aromatic rings. The van der Waals surface area contributed by atoms with Gasteiger partial charge in [-0.15, -0.1) is 0 Å². The number of carbonyl (C=O) groups excluding carboxylic acids is 2. The molecule has 0 saturated carbocycles. The maximum atomic E-state index is 12.8. The number of carbonyl (C=O) groups is 2. The van der Waals surface area contributed by atoms with Gasteiger partial charge >= 0.3 is 6.03 Å². The summed E-state index contributed by atoms with van der Waals surface area (Å²) >= 11 is 0. The minimum absolute atomic E-state index is 0.112. The fourth-order valence-electron chi connectivity index (χ4n) is 3.16. The minimum Gasteiger partial charge on any atom is -0.370 e. The van der Waals surface area contributed by atoms with Gasteiger partial charge in [-0.3, -0.25) is 4.79 Å². The van der Waals surface area contributed by atoms with Crippen LogP contribution in [-0.4, -0.2) is 38.6 Å². The maximum Gasteiger partial charge on any atom is 0.319 e. The summed E-state index contributed by atoms with van der Waals surface area (Å²) in [6.45, 7) is 2.53. The number of likely N-dealkylation sites (N-methyl/N-ethyl adjacent to an activating group) is 1. The summed E-state index contributed by atoms with van der Waals surface area (Å²) in [6.07, 6.45) is 0. The predicted molar refractivity (Wildman–Crippen MR) is 127 cm³/mol. The van der Waals surface area contributed by atoms with E-state index in [2.05, 4.69) is 15.5 Å². The number of rotatable bonds is 7. The molecule has 0 fully saturated rings. The van der Waals surface area contributed by atoms with Gasteiger partial charge in [-0.05, 0) is 49.4 Å². The Kier molecular flexibility index (Phi) is 7.27. The van der Waals surface area contributed by atoms with E-state index in [-0.39, 0.29) is 18.0 Å². The van der Waals surface area contributed by atoms with Crippen LogP contribution in [0.15, 0.2) is 84.9 Å². The number of hydrogen-bond donors (Lipinski definition) is 2. The lowest BCUT2D eigenvalue weighted by molar-refractivity contribution is 0.0993. The second kappa shape index (κ2) is 10.3. The molecule has 0 unspecified atom stereocenters. The van der Waals surface area contributed by atoms with Gasteiger partial charge in [0.05, 0.1) is 0 Å². The standard InChI is InChI=1S/C25H28N4O2/c1-19(28(2)22-13-6-4-7-14-22)18-26-25(31)27-21-12-10-11-20(17-21)24(30)29(3)23-15-8-5-9-16-23/h4-17,19H,18H2,1-3H3,(H2,26,27,31)/t19-/m1/s1. The first-order valence-electron chi connectivity index (χ1n) is 10.2. The molecule has 3 amide bonds. The highest BCUT2D eigenvalue weighted by Gasteiger charge is 2.15. The molecule has 0 spiro atoms. The van der Waals surface area contributed by atoms with Crippen molar-refractivity contribution in [3.8, 4) is 0 Å². The highest BCUT2D eigenvalue weighted by Crippen LogP contribution is 2.18. The lowest BCUT2D eigenvalue weighted by Gasteiger charge is -2.27. The molecule has 0 aliphatic rings. The molecule has 0 aromatic heterocycles. The van der Waals surface area contributed by atoms with Crippen LogP contribution in [0.5, 0.6) is 0 Å². The van der Waals surface area contributed by atoms with E-state index >= 15 is 0 Å². The fraction of sp³-hybridized carbons (Fsp3) is 0.200. The van der Waals surface area contributed by atoms with E-state index in [1.165, 1.54) is 0 Å². The summed E-state index contributed by atoms with van der Waals surface area (Å²) in [7, 11) is 3.73. The minimum atomic E-state index is -0.311. The third-order valence-electron chi connectivity index (χ3n) is 5.20. The number of para-hydroxylation sites is 2. The van der Waals surface area contributed by atoms with Gasteiger partial charge in [-0.2, -0.15) is 0 Å². The fourth-order valence-corrected chi connectivity index (χ4v) is 3.16. The highest BCUT2D eigenvalue weighted by molar-refractivity contribution is 6.06. The Morgan fingerprint density at radius 1 is 0.839 bits per heavy atom. The molecular weight excluding hydrogens is 388 g/mol. The zero-order chi connectivity index (χ0) is 22.2. The summed E-state index contributed by atoms with van der Waals surface area (Å²) in [4.78, 5) is 28.9. The Hall–Kier alpha value is -3.80. The Balaban J connectivity index is 1.56. The van der Waals surface area contributed by atoms with E-state index in [0.717, 1.165) is 11.4 Å². The van der Waals surface area contributed by atoms with Crippen LogP contribution < -0.4 is 20.4 Å². The second-order valence-corrected chi connectivity index (χ2v) is 7.41. The Labute approximate surface area is 183 Å². The normalized spacial score (nSPS) is 11.3. The first-order valence-corrected chi connectivity index (χ1v) is 10.2. The molecule has 6 nitrogen and oxygen atoms in total. The number of urea groups is 1. The first kappa shape index (κ1) is 21.9. The van der Waals surface area contributed by atoms with Crippen molar-refractivity contribution < 1.29 is 9.59 Å². The first-order chi connectivity index (χ1) is 15.0. The van der Waals surface area contributed by atoms with E-state index in [0.29, 0.717) is 17.8 Å². The maximum absolute atomic E-state index is 12.8. The Morgan fingerprint density at radius 3 is 2.10 bits per heavy atom. The van der Waals surface area contributed by atoms with Crippen molar-refractivity contribution in [3.05, 3.63) is 90.5 Å². The number of hydrogen-bond acceptors (Lipinski definition) is 3. The summed E-state index contributed by atoms with van der Waals surface area (Å²) < 4.78 is 0. The van der Waals surface area contributed by atoms with Crippen LogP contribution in [0.3, 0.4) is 0 Å². The van der Waals surface area contributed by atoms with Gasteiger partial charge in [0.1, 0.15) is 0 Å². The topological polar surface area (TPSA) is 64.7 Å². The van der Waals surface area contributed by atoms with Crippen LogP contribution in [-0.2, 0) is 0 Å². The van der Waals surface area contributed by atoms with Crippen LogP contribution in [0.4, 0.5) is 21.9 Å². The molecule has 1 atom stereocenters. The monoisotopic (exact) mass is 416 g/mol. The van der Waals surface area contributed by atoms with Crippen molar-refractivity contribution in [2.75, 3.05) is 35.8 Å². The van der Waals surface area contributed by atoms with E-state index in [9.17, 15) is 9.59 Å². The van der Waals surface area contributed by atoms with Crippen molar-refractivity contribution >= 4 is 29.0 Å². The highest BCUT2D eigenvalue weighted by atomic mass is 16.2. The number of amides is 3. The predicted octanol–water partition coefficient (Wildman–Crippen LogP) is 4.61. The number of anilines is 3. The van der Waals surface area contributed by atoms with Crippen molar-refractivity contribution in [3.63, 3.8) is 0 Å². The molecule has 0 aliphatic heterocycles. The molecule has 3 aromatic carbocycles. The smallest absolute Gasteiger partial charge is 0.319 e. The van der Waals surface area contributed by atoms with Crippen LogP contribution >= 0.6 is 0 Å². The molecule has 2 N–H and O–H groups in total. The van der Waals surface area contributed by atoms with Crippen LogP contribution in [0.1, 0.15) is 17.3 Å². The Morgan fingerprint density at radius 2 is 1.45 bits per heavy atom. The van der Waals surface area contributed by atoms with Gasteiger partial charge in [-0.25, -0.2) is 4.79 Å². The van der Waals surface area contributed by atoms with Gasteiger partial charge in [0.15, 0.2) is 0 Å². The molecule has 160 valence electrons. The van der Waals surface area contributed by atoms with Crippen molar-refractivity contribution in [2.24, 2.45) is 0 Å². The lowest BCUT2D eigenvalue weighted by Crippen LogP contribution is -2.41. The summed E-state index contributed by atoms with van der Waals surface area (Å²) in [6, 6.07) is 26.2. The summed E-state index contributed by atoms with van der Waals surface area (Å²) in [5.74, 6) is -0.145. The van der Waals surface area contributed by atoms with Gasteiger partial charge in [0.25, 0.3) is 5.91 Å². The van der Waals surface area contributed by atoms with Crippen LogP contribution in [0.25, 0.3) is 0 Å². The summed E-state index contributed by atoms with van der Waals surface area (Å²) in [5.41, 5.74) is 2.96. The molecule has 3 rings (SSSR count). The summed E-state index contributed by atoms with van der Waals surface area (Å²) in [5, 5.41) is 5.70. The van der Waals surface area contributed by atoms with Crippen molar-refractivity contribution in [2.45, 2.75) is 13.0 Å². The molecule has 0 radical (unpaired) electrons. The molecule has 0 heterocycles. The van der Waals surface area contributed by atoms with Crippen molar-refractivity contribution in [1.29, 1.82) is 0 Å². The van der Waals surface area contributed by atoms with E-state index in [1.54, 1.807) is 36.2 Å². The third-order valence-corrected chi connectivity index (χ3v) is 5.20. The SMILES string of the molecule is C[C@H](CNC(=O)Nc1cccc(C(=O)N(C)c2ccccc2)c1)N(C)c1ccccc1. The zero-order valence-electron chi connectivity index (χ0n) is 18.1. The molecule has 0 bridgehead atoms. The number of nitrogens with zero attached hydrogens (tertiary/aromatic N) is 2.